The fourth-order valence-corrected chi connectivity index (χ4v) is 3.25. The van der Waals surface area contributed by atoms with Crippen molar-refractivity contribution in [1.29, 1.82) is 0 Å². The molecule has 1 atom stereocenters. The van der Waals surface area contributed by atoms with Gasteiger partial charge in [-0.2, -0.15) is 0 Å². The lowest BCUT2D eigenvalue weighted by atomic mass is 10.0. The van der Waals surface area contributed by atoms with Gasteiger partial charge in [0.05, 0.1) is 6.54 Å². The maximum Gasteiger partial charge on any atom is 0.234 e. The standard InChI is InChI=1S/C16H22Cl2N2O/c1-12-3-2-8-20(10-12)11-16(21)19-7-6-13-4-5-14(17)9-15(13)18/h4-5,9,12H,2-3,6-8,10-11H2,1H3,(H,19,21). The van der Waals surface area contributed by atoms with Crippen LogP contribution in [-0.2, 0) is 11.2 Å². The van der Waals surface area contributed by atoms with Gasteiger partial charge in [0.15, 0.2) is 0 Å². The van der Waals surface area contributed by atoms with Crippen LogP contribution in [0.4, 0.5) is 0 Å². The van der Waals surface area contributed by atoms with Gasteiger partial charge in [0.2, 0.25) is 5.91 Å². The maximum atomic E-state index is 11.9. The molecule has 0 spiro atoms. The molecule has 1 aromatic carbocycles. The molecule has 1 aromatic rings. The second kappa shape index (κ2) is 8.02. The van der Waals surface area contributed by atoms with Gasteiger partial charge in [-0.05, 0) is 49.4 Å². The van der Waals surface area contributed by atoms with Crippen LogP contribution in [0.2, 0.25) is 10.0 Å². The van der Waals surface area contributed by atoms with Gasteiger partial charge < -0.3 is 5.32 Å². The van der Waals surface area contributed by atoms with Gasteiger partial charge in [0.25, 0.3) is 0 Å². The van der Waals surface area contributed by atoms with Gasteiger partial charge in [0, 0.05) is 23.1 Å². The Morgan fingerprint density at radius 1 is 1.43 bits per heavy atom. The molecule has 0 aliphatic carbocycles. The van der Waals surface area contributed by atoms with E-state index in [4.69, 9.17) is 23.2 Å². The molecule has 1 amide bonds. The quantitative estimate of drug-likeness (QED) is 0.898. The molecule has 0 saturated carbocycles. The first-order valence-electron chi connectivity index (χ1n) is 7.47. The van der Waals surface area contributed by atoms with E-state index in [0.717, 1.165) is 25.1 Å². The van der Waals surface area contributed by atoms with Gasteiger partial charge in [-0.3, -0.25) is 9.69 Å². The zero-order valence-corrected chi connectivity index (χ0v) is 13.9. The number of nitrogens with one attached hydrogen (secondary N) is 1. The van der Waals surface area contributed by atoms with E-state index in [1.54, 1.807) is 6.07 Å². The van der Waals surface area contributed by atoms with Crippen molar-refractivity contribution in [1.82, 2.24) is 10.2 Å². The van der Waals surface area contributed by atoms with Crippen LogP contribution in [-0.4, -0.2) is 37.0 Å². The monoisotopic (exact) mass is 328 g/mol. The van der Waals surface area contributed by atoms with Crippen LogP contribution in [0.1, 0.15) is 25.3 Å². The Morgan fingerprint density at radius 2 is 2.24 bits per heavy atom. The molecule has 2 rings (SSSR count). The van der Waals surface area contributed by atoms with Gasteiger partial charge in [-0.25, -0.2) is 0 Å². The topological polar surface area (TPSA) is 32.3 Å². The fourth-order valence-electron chi connectivity index (χ4n) is 2.75. The molecule has 1 aliphatic heterocycles. The third kappa shape index (κ3) is 5.50. The van der Waals surface area contributed by atoms with Gasteiger partial charge in [-0.1, -0.05) is 36.2 Å². The molecule has 0 bridgehead atoms. The highest BCUT2D eigenvalue weighted by Gasteiger charge is 2.18. The minimum absolute atomic E-state index is 0.0918. The summed E-state index contributed by atoms with van der Waals surface area (Å²) in [7, 11) is 0. The van der Waals surface area contributed by atoms with Crippen molar-refractivity contribution in [3.8, 4) is 0 Å². The van der Waals surface area contributed by atoms with E-state index in [1.165, 1.54) is 12.8 Å². The lowest BCUT2D eigenvalue weighted by Crippen LogP contribution is -2.42. The number of benzene rings is 1. The van der Waals surface area contributed by atoms with Crippen molar-refractivity contribution < 1.29 is 4.79 Å². The van der Waals surface area contributed by atoms with E-state index in [0.29, 0.717) is 29.1 Å². The molecule has 21 heavy (non-hydrogen) atoms. The van der Waals surface area contributed by atoms with Crippen molar-refractivity contribution in [3.05, 3.63) is 33.8 Å². The molecule has 1 fully saturated rings. The number of piperidine rings is 1. The molecule has 3 nitrogen and oxygen atoms in total. The molecule has 1 saturated heterocycles. The van der Waals surface area contributed by atoms with Crippen LogP contribution in [0, 0.1) is 5.92 Å². The summed E-state index contributed by atoms with van der Waals surface area (Å²) >= 11 is 12.0. The lowest BCUT2D eigenvalue weighted by molar-refractivity contribution is -0.122. The zero-order chi connectivity index (χ0) is 15.2. The predicted molar refractivity (Wildman–Crippen MR) is 88.0 cm³/mol. The first kappa shape index (κ1) is 16.6. The average molecular weight is 329 g/mol. The number of halogens is 2. The second-order valence-electron chi connectivity index (χ2n) is 5.82. The smallest absolute Gasteiger partial charge is 0.234 e. The Morgan fingerprint density at radius 3 is 2.95 bits per heavy atom. The summed E-state index contributed by atoms with van der Waals surface area (Å²) in [6.07, 6.45) is 3.18. The van der Waals surface area contributed by atoms with E-state index in [9.17, 15) is 4.79 Å². The lowest BCUT2D eigenvalue weighted by Gasteiger charge is -2.30. The minimum Gasteiger partial charge on any atom is -0.355 e. The highest BCUT2D eigenvalue weighted by molar-refractivity contribution is 6.35. The normalized spacial score (nSPS) is 19.5. The number of carbonyl (C=O) groups excluding carboxylic acids is 1. The first-order valence-corrected chi connectivity index (χ1v) is 8.23. The Kier molecular flexibility index (Phi) is 6.34. The van der Waals surface area contributed by atoms with E-state index >= 15 is 0 Å². The summed E-state index contributed by atoms with van der Waals surface area (Å²) < 4.78 is 0. The first-order chi connectivity index (χ1) is 10.0. The molecular formula is C16H22Cl2N2O. The molecule has 1 heterocycles. The highest BCUT2D eigenvalue weighted by Crippen LogP contribution is 2.21. The Balaban J connectivity index is 1.71. The molecule has 1 N–H and O–H groups in total. The number of hydrogen-bond donors (Lipinski definition) is 1. The summed E-state index contributed by atoms with van der Waals surface area (Å²) in [6.45, 7) is 5.39. The Hall–Kier alpha value is -0.770. The van der Waals surface area contributed by atoms with Crippen molar-refractivity contribution in [2.24, 2.45) is 5.92 Å². The van der Waals surface area contributed by atoms with E-state index < -0.39 is 0 Å². The summed E-state index contributed by atoms with van der Waals surface area (Å²) in [4.78, 5) is 14.2. The number of hydrogen-bond acceptors (Lipinski definition) is 2. The fraction of sp³-hybridized carbons (Fsp3) is 0.562. The van der Waals surface area contributed by atoms with Crippen LogP contribution in [0.5, 0.6) is 0 Å². The van der Waals surface area contributed by atoms with Crippen molar-refractivity contribution in [2.45, 2.75) is 26.2 Å². The van der Waals surface area contributed by atoms with Crippen LogP contribution in [0.25, 0.3) is 0 Å². The predicted octanol–water partition coefficient (Wildman–Crippen LogP) is 3.38. The molecule has 0 radical (unpaired) electrons. The summed E-state index contributed by atoms with van der Waals surface area (Å²) in [6, 6.07) is 5.46. The molecule has 0 aromatic heterocycles. The number of rotatable bonds is 5. The molecule has 116 valence electrons. The van der Waals surface area contributed by atoms with Gasteiger partial charge >= 0.3 is 0 Å². The van der Waals surface area contributed by atoms with Gasteiger partial charge in [-0.15, -0.1) is 0 Å². The average Bonchev–Trinajstić information content (AvgIpc) is 2.41. The third-order valence-corrected chi connectivity index (χ3v) is 4.43. The van der Waals surface area contributed by atoms with E-state index in [1.807, 2.05) is 12.1 Å². The third-order valence-electron chi connectivity index (χ3n) is 3.84. The largest absolute Gasteiger partial charge is 0.355 e. The molecular weight excluding hydrogens is 307 g/mol. The summed E-state index contributed by atoms with van der Waals surface area (Å²) in [5, 5.41) is 4.25. The number of likely N-dealkylation sites (tertiary alicyclic amines) is 1. The number of nitrogens with zero attached hydrogens (tertiary/aromatic N) is 1. The Labute approximate surface area is 136 Å². The second-order valence-corrected chi connectivity index (χ2v) is 6.66. The maximum absolute atomic E-state index is 11.9. The molecule has 1 unspecified atom stereocenters. The minimum atomic E-state index is 0.0918. The zero-order valence-electron chi connectivity index (χ0n) is 12.4. The van der Waals surface area contributed by atoms with Crippen LogP contribution in [0.3, 0.4) is 0 Å². The van der Waals surface area contributed by atoms with Crippen molar-refractivity contribution in [2.75, 3.05) is 26.2 Å². The summed E-state index contributed by atoms with van der Waals surface area (Å²) in [5.74, 6) is 0.786. The SMILES string of the molecule is CC1CCCN(CC(=O)NCCc2ccc(Cl)cc2Cl)C1. The molecule has 5 heteroatoms. The highest BCUT2D eigenvalue weighted by atomic mass is 35.5. The molecule has 1 aliphatic rings. The number of amides is 1. The Bertz CT molecular complexity index is 493. The van der Waals surface area contributed by atoms with Crippen LogP contribution >= 0.6 is 23.2 Å². The van der Waals surface area contributed by atoms with Crippen LogP contribution in [0.15, 0.2) is 18.2 Å². The number of carbonyl (C=O) groups is 1. The summed E-state index contributed by atoms with van der Waals surface area (Å²) in [5.41, 5.74) is 1.01. The van der Waals surface area contributed by atoms with Crippen LogP contribution < -0.4 is 5.32 Å². The van der Waals surface area contributed by atoms with Gasteiger partial charge in [0.1, 0.15) is 0 Å². The van der Waals surface area contributed by atoms with Crippen molar-refractivity contribution in [3.63, 3.8) is 0 Å². The van der Waals surface area contributed by atoms with E-state index in [2.05, 4.69) is 17.1 Å². The van der Waals surface area contributed by atoms with Crippen molar-refractivity contribution >= 4 is 29.1 Å². The van der Waals surface area contributed by atoms with E-state index in [-0.39, 0.29) is 5.91 Å².